The fourth-order valence-corrected chi connectivity index (χ4v) is 2.67. The highest BCUT2D eigenvalue weighted by atomic mass is 16.6. The molecule has 2 heterocycles. The van der Waals surface area contributed by atoms with E-state index in [4.69, 9.17) is 15.6 Å². The van der Waals surface area contributed by atoms with Crippen LogP contribution in [0.3, 0.4) is 0 Å². The number of ether oxygens (including phenoxy) is 1. The second-order valence-corrected chi connectivity index (χ2v) is 5.74. The number of aromatic nitrogens is 2. The standard InChI is InChI=1S/C17H19N3O5/c18-15-11(7-6-10-4-2-1-3-5-10)8-20(17(24)19-15)16-14(23)13(22)12(9-21)25-16/h1-8,12-14,16,21-23H,9H2,(H2,18,19,24)/b7-6+/t12-,13-,14-,16-/m1/s1. The van der Waals surface area contributed by atoms with E-state index in [0.29, 0.717) is 5.56 Å². The minimum atomic E-state index is -1.37. The van der Waals surface area contributed by atoms with Crippen LogP contribution < -0.4 is 11.4 Å². The Kier molecular flexibility index (Phi) is 4.95. The van der Waals surface area contributed by atoms with Crippen molar-refractivity contribution < 1.29 is 20.1 Å². The lowest BCUT2D eigenvalue weighted by atomic mass is 10.1. The molecule has 0 unspecified atom stereocenters. The van der Waals surface area contributed by atoms with Crippen molar-refractivity contribution in [1.82, 2.24) is 9.55 Å². The predicted octanol–water partition coefficient (Wildman–Crippen LogP) is -0.393. The van der Waals surface area contributed by atoms with Crippen LogP contribution in [-0.2, 0) is 4.74 Å². The van der Waals surface area contributed by atoms with Gasteiger partial charge in [0.2, 0.25) is 0 Å². The number of aliphatic hydroxyl groups is 3. The first-order valence-corrected chi connectivity index (χ1v) is 7.75. The van der Waals surface area contributed by atoms with Crippen LogP contribution in [0.25, 0.3) is 12.2 Å². The van der Waals surface area contributed by atoms with Crippen molar-refractivity contribution in [1.29, 1.82) is 0 Å². The monoisotopic (exact) mass is 345 g/mol. The maximum absolute atomic E-state index is 12.1. The Labute approximate surface area is 143 Å². The molecule has 25 heavy (non-hydrogen) atoms. The molecule has 0 aliphatic carbocycles. The first-order valence-electron chi connectivity index (χ1n) is 7.75. The van der Waals surface area contributed by atoms with Crippen molar-refractivity contribution >= 4 is 18.0 Å². The number of nitrogens with zero attached hydrogens (tertiary/aromatic N) is 2. The van der Waals surface area contributed by atoms with Gasteiger partial charge >= 0.3 is 5.69 Å². The smallest absolute Gasteiger partial charge is 0.351 e. The second-order valence-electron chi connectivity index (χ2n) is 5.74. The summed E-state index contributed by atoms with van der Waals surface area (Å²) in [6.45, 7) is -0.480. The van der Waals surface area contributed by atoms with Crippen LogP contribution in [-0.4, -0.2) is 49.8 Å². The van der Waals surface area contributed by atoms with Gasteiger partial charge in [0, 0.05) is 11.8 Å². The molecule has 1 fully saturated rings. The molecule has 0 amide bonds. The van der Waals surface area contributed by atoms with Gasteiger partial charge in [-0.05, 0) is 11.6 Å². The summed E-state index contributed by atoms with van der Waals surface area (Å²) in [6.07, 6.45) is 0.0946. The highest BCUT2D eigenvalue weighted by molar-refractivity contribution is 5.73. The van der Waals surface area contributed by atoms with Gasteiger partial charge in [-0.1, -0.05) is 36.4 Å². The van der Waals surface area contributed by atoms with Crippen LogP contribution in [0.5, 0.6) is 0 Å². The summed E-state index contributed by atoms with van der Waals surface area (Å²) in [5.41, 5.74) is 6.48. The van der Waals surface area contributed by atoms with Crippen molar-refractivity contribution in [2.24, 2.45) is 0 Å². The van der Waals surface area contributed by atoms with Crippen molar-refractivity contribution in [2.45, 2.75) is 24.5 Å². The van der Waals surface area contributed by atoms with Crippen LogP contribution in [0.1, 0.15) is 17.4 Å². The Morgan fingerprint density at radius 1 is 1.20 bits per heavy atom. The molecule has 132 valence electrons. The van der Waals surface area contributed by atoms with Crippen molar-refractivity contribution in [3.8, 4) is 0 Å². The number of hydrogen-bond donors (Lipinski definition) is 4. The average molecular weight is 345 g/mol. The van der Waals surface area contributed by atoms with Crippen LogP contribution in [0.4, 0.5) is 5.82 Å². The minimum Gasteiger partial charge on any atom is -0.394 e. The summed E-state index contributed by atoms with van der Waals surface area (Å²) in [7, 11) is 0. The van der Waals surface area contributed by atoms with Gasteiger partial charge in [-0.3, -0.25) is 4.57 Å². The largest absolute Gasteiger partial charge is 0.394 e. The summed E-state index contributed by atoms with van der Waals surface area (Å²) >= 11 is 0. The Bertz CT molecular complexity index is 821. The van der Waals surface area contributed by atoms with E-state index >= 15 is 0 Å². The predicted molar refractivity (Wildman–Crippen MR) is 91.3 cm³/mol. The van der Waals surface area contributed by atoms with Crippen LogP contribution in [0.15, 0.2) is 41.3 Å². The van der Waals surface area contributed by atoms with E-state index in [1.165, 1.54) is 6.20 Å². The van der Waals surface area contributed by atoms with E-state index in [2.05, 4.69) is 4.98 Å². The van der Waals surface area contributed by atoms with E-state index in [-0.39, 0.29) is 5.82 Å². The lowest BCUT2D eigenvalue weighted by molar-refractivity contribution is -0.0549. The Morgan fingerprint density at radius 2 is 1.92 bits per heavy atom. The SMILES string of the molecule is Nc1nc(=O)n([C@@H]2O[C@H](CO)[C@@H](O)[C@H]2O)cc1/C=C/c1ccccc1. The summed E-state index contributed by atoms with van der Waals surface area (Å²) in [6, 6.07) is 9.49. The molecule has 1 saturated heterocycles. The molecule has 3 rings (SSSR count). The number of hydrogen-bond acceptors (Lipinski definition) is 7. The molecule has 1 aromatic heterocycles. The van der Waals surface area contributed by atoms with Gasteiger partial charge in [-0.25, -0.2) is 4.79 Å². The lowest BCUT2D eigenvalue weighted by Gasteiger charge is -2.18. The van der Waals surface area contributed by atoms with Gasteiger partial charge in [0.25, 0.3) is 0 Å². The zero-order valence-electron chi connectivity index (χ0n) is 13.3. The first-order chi connectivity index (χ1) is 12.0. The summed E-state index contributed by atoms with van der Waals surface area (Å²) in [4.78, 5) is 15.9. The Hall–Kier alpha value is -2.52. The quantitative estimate of drug-likeness (QED) is 0.593. The third-order valence-corrected chi connectivity index (χ3v) is 4.06. The van der Waals surface area contributed by atoms with E-state index in [1.54, 1.807) is 12.2 Å². The van der Waals surface area contributed by atoms with Gasteiger partial charge in [-0.2, -0.15) is 4.98 Å². The molecule has 0 spiro atoms. The Morgan fingerprint density at radius 3 is 2.56 bits per heavy atom. The van der Waals surface area contributed by atoms with Crippen LogP contribution in [0.2, 0.25) is 0 Å². The fourth-order valence-electron chi connectivity index (χ4n) is 2.67. The van der Waals surface area contributed by atoms with Crippen LogP contribution in [0, 0.1) is 0 Å². The van der Waals surface area contributed by atoms with Crippen molar-refractivity contribution in [2.75, 3.05) is 12.3 Å². The number of anilines is 1. The minimum absolute atomic E-state index is 0.0418. The molecular weight excluding hydrogens is 326 g/mol. The molecule has 1 aromatic carbocycles. The van der Waals surface area contributed by atoms with Gasteiger partial charge in [-0.15, -0.1) is 0 Å². The summed E-state index contributed by atoms with van der Waals surface area (Å²) < 4.78 is 6.43. The summed E-state index contributed by atoms with van der Waals surface area (Å²) in [5.74, 6) is 0.0418. The van der Waals surface area contributed by atoms with Crippen molar-refractivity contribution in [3.05, 3.63) is 58.1 Å². The van der Waals surface area contributed by atoms with Gasteiger partial charge in [0.15, 0.2) is 6.23 Å². The summed E-state index contributed by atoms with van der Waals surface area (Å²) in [5, 5.41) is 29.1. The van der Waals surface area contributed by atoms with E-state index < -0.39 is 36.8 Å². The number of aliphatic hydroxyl groups excluding tert-OH is 3. The van der Waals surface area contributed by atoms with E-state index in [1.807, 2.05) is 30.3 Å². The molecule has 4 atom stereocenters. The third kappa shape index (κ3) is 3.47. The number of benzene rings is 1. The maximum Gasteiger partial charge on any atom is 0.351 e. The average Bonchev–Trinajstić information content (AvgIpc) is 2.90. The second kappa shape index (κ2) is 7.16. The molecule has 8 nitrogen and oxygen atoms in total. The maximum atomic E-state index is 12.1. The third-order valence-electron chi connectivity index (χ3n) is 4.06. The lowest BCUT2D eigenvalue weighted by Crippen LogP contribution is -2.36. The fraction of sp³-hybridized carbons (Fsp3) is 0.294. The van der Waals surface area contributed by atoms with Crippen LogP contribution >= 0.6 is 0 Å². The molecule has 0 radical (unpaired) electrons. The van der Waals surface area contributed by atoms with Gasteiger partial charge in [0.05, 0.1) is 6.61 Å². The van der Waals surface area contributed by atoms with Crippen molar-refractivity contribution in [3.63, 3.8) is 0 Å². The van der Waals surface area contributed by atoms with Gasteiger partial charge < -0.3 is 25.8 Å². The first kappa shape index (κ1) is 17.3. The normalized spacial score (nSPS) is 26.4. The number of nitrogen functional groups attached to an aromatic ring is 1. The molecular formula is C17H19N3O5. The number of nitrogens with two attached hydrogens (primary N) is 1. The zero-order chi connectivity index (χ0) is 18.0. The molecule has 8 heteroatoms. The molecule has 0 bridgehead atoms. The molecule has 1 aliphatic heterocycles. The molecule has 1 aliphatic rings. The topological polar surface area (TPSA) is 131 Å². The highest BCUT2D eigenvalue weighted by Gasteiger charge is 2.43. The molecule has 5 N–H and O–H groups in total. The zero-order valence-corrected chi connectivity index (χ0v) is 13.3. The molecule has 0 saturated carbocycles. The number of rotatable bonds is 4. The van der Waals surface area contributed by atoms with E-state index in [0.717, 1.165) is 10.1 Å². The molecule has 2 aromatic rings. The Balaban J connectivity index is 1.94. The van der Waals surface area contributed by atoms with E-state index in [9.17, 15) is 15.0 Å². The van der Waals surface area contributed by atoms with Gasteiger partial charge in [0.1, 0.15) is 24.1 Å². The highest BCUT2D eigenvalue weighted by Crippen LogP contribution is 2.28.